The molecule has 2 aliphatic rings. The topological polar surface area (TPSA) is 70.7 Å². The Balaban J connectivity index is 1.29. The highest BCUT2D eigenvalue weighted by Crippen LogP contribution is 2.28. The number of aryl methyl sites for hydroxylation is 1. The van der Waals surface area contributed by atoms with Crippen molar-refractivity contribution in [2.45, 2.75) is 25.4 Å². The van der Waals surface area contributed by atoms with Crippen molar-refractivity contribution in [2.75, 3.05) is 18.0 Å². The Hall–Kier alpha value is -3.02. The second-order valence-corrected chi connectivity index (χ2v) is 6.61. The van der Waals surface area contributed by atoms with Gasteiger partial charge in [-0.05, 0) is 36.1 Å². The number of fused-ring (bicyclic) bond motifs is 2. The standard InChI is InChI=1S/C20H21N3O3/c24-19(13-23-11-5-8-14-6-1-3-9-16(14)23)21-22-20(25)18-12-15-7-2-4-10-17(15)26-18/h1-4,6-7,9-10,18H,5,8,11-13H2,(H,21,24)(H,22,25)/t18-/m0/s1. The quantitative estimate of drug-likeness (QED) is 0.824. The van der Waals surface area contributed by atoms with Gasteiger partial charge in [-0.15, -0.1) is 0 Å². The largest absolute Gasteiger partial charge is 0.480 e. The first-order valence-corrected chi connectivity index (χ1v) is 8.87. The van der Waals surface area contributed by atoms with E-state index >= 15 is 0 Å². The Labute approximate surface area is 152 Å². The van der Waals surface area contributed by atoms with Crippen LogP contribution in [0.4, 0.5) is 5.69 Å². The molecule has 2 amide bonds. The lowest BCUT2D eigenvalue weighted by molar-refractivity contribution is -0.132. The fourth-order valence-electron chi connectivity index (χ4n) is 3.53. The van der Waals surface area contributed by atoms with Crippen molar-refractivity contribution < 1.29 is 14.3 Å². The van der Waals surface area contributed by atoms with Gasteiger partial charge in [-0.1, -0.05) is 36.4 Å². The van der Waals surface area contributed by atoms with Crippen LogP contribution in [-0.2, 0) is 22.4 Å². The molecule has 0 saturated heterocycles. The van der Waals surface area contributed by atoms with E-state index in [0.29, 0.717) is 6.42 Å². The summed E-state index contributed by atoms with van der Waals surface area (Å²) in [4.78, 5) is 26.5. The maximum atomic E-state index is 12.3. The van der Waals surface area contributed by atoms with Crippen LogP contribution in [0, 0.1) is 0 Å². The lowest BCUT2D eigenvalue weighted by atomic mass is 10.0. The Morgan fingerprint density at radius 3 is 2.65 bits per heavy atom. The molecule has 0 saturated carbocycles. The first-order valence-electron chi connectivity index (χ1n) is 8.87. The molecule has 2 heterocycles. The molecule has 26 heavy (non-hydrogen) atoms. The molecule has 0 radical (unpaired) electrons. The zero-order chi connectivity index (χ0) is 17.9. The van der Waals surface area contributed by atoms with Gasteiger partial charge in [0.1, 0.15) is 5.75 Å². The van der Waals surface area contributed by atoms with Crippen LogP contribution < -0.4 is 20.5 Å². The molecule has 0 aromatic heterocycles. The summed E-state index contributed by atoms with van der Waals surface area (Å²) in [6, 6.07) is 15.7. The molecule has 2 N–H and O–H groups in total. The third-order valence-corrected chi connectivity index (χ3v) is 4.81. The average Bonchev–Trinajstić information content (AvgIpc) is 3.11. The van der Waals surface area contributed by atoms with E-state index < -0.39 is 6.10 Å². The number of para-hydroxylation sites is 2. The monoisotopic (exact) mass is 351 g/mol. The number of nitrogens with zero attached hydrogens (tertiary/aromatic N) is 1. The van der Waals surface area contributed by atoms with Crippen LogP contribution in [0.5, 0.6) is 5.75 Å². The predicted octanol–water partition coefficient (Wildman–Crippen LogP) is 1.59. The van der Waals surface area contributed by atoms with E-state index in [1.807, 2.05) is 47.4 Å². The summed E-state index contributed by atoms with van der Waals surface area (Å²) in [7, 11) is 0. The van der Waals surface area contributed by atoms with Crippen molar-refractivity contribution in [3.05, 3.63) is 59.7 Å². The number of carbonyl (C=O) groups excluding carboxylic acids is 2. The summed E-state index contributed by atoms with van der Waals surface area (Å²) in [6.45, 7) is 1.04. The Morgan fingerprint density at radius 2 is 1.81 bits per heavy atom. The lowest BCUT2D eigenvalue weighted by Crippen LogP contribution is -2.51. The molecule has 2 aromatic carbocycles. The summed E-state index contributed by atoms with van der Waals surface area (Å²) < 4.78 is 5.62. The molecule has 0 bridgehead atoms. The minimum Gasteiger partial charge on any atom is -0.480 e. The number of benzene rings is 2. The SMILES string of the molecule is O=C(CN1CCCc2ccccc21)NNC(=O)[C@@H]1Cc2ccccc2O1. The van der Waals surface area contributed by atoms with E-state index in [-0.39, 0.29) is 18.4 Å². The number of ether oxygens (including phenoxy) is 1. The molecule has 0 aliphatic carbocycles. The van der Waals surface area contributed by atoms with Gasteiger partial charge >= 0.3 is 0 Å². The highest BCUT2D eigenvalue weighted by atomic mass is 16.5. The average molecular weight is 351 g/mol. The summed E-state index contributed by atoms with van der Waals surface area (Å²) in [6.07, 6.45) is 1.95. The number of hydrazine groups is 1. The Morgan fingerprint density at radius 1 is 1.04 bits per heavy atom. The predicted molar refractivity (Wildman–Crippen MR) is 97.8 cm³/mol. The smallest absolute Gasteiger partial charge is 0.279 e. The second-order valence-electron chi connectivity index (χ2n) is 6.61. The number of rotatable bonds is 3. The van der Waals surface area contributed by atoms with Gasteiger partial charge in [-0.25, -0.2) is 0 Å². The van der Waals surface area contributed by atoms with Gasteiger partial charge < -0.3 is 9.64 Å². The molecule has 6 heteroatoms. The fraction of sp³-hybridized carbons (Fsp3) is 0.300. The highest BCUT2D eigenvalue weighted by molar-refractivity contribution is 5.87. The third kappa shape index (κ3) is 3.35. The van der Waals surface area contributed by atoms with Crippen LogP contribution in [0.3, 0.4) is 0 Å². The summed E-state index contributed by atoms with van der Waals surface area (Å²) in [5.41, 5.74) is 8.34. The van der Waals surface area contributed by atoms with Gasteiger partial charge in [0.15, 0.2) is 6.10 Å². The molecule has 134 valence electrons. The van der Waals surface area contributed by atoms with Crippen LogP contribution >= 0.6 is 0 Å². The third-order valence-electron chi connectivity index (χ3n) is 4.81. The maximum absolute atomic E-state index is 12.3. The van der Waals surface area contributed by atoms with E-state index in [2.05, 4.69) is 16.9 Å². The number of nitrogens with one attached hydrogen (secondary N) is 2. The fourth-order valence-corrected chi connectivity index (χ4v) is 3.53. The van der Waals surface area contributed by atoms with E-state index in [4.69, 9.17) is 4.74 Å². The number of hydrogen-bond acceptors (Lipinski definition) is 4. The minimum atomic E-state index is -0.608. The second kappa shape index (κ2) is 7.07. The molecule has 2 aromatic rings. The Bertz CT molecular complexity index is 812. The minimum absolute atomic E-state index is 0.211. The van der Waals surface area contributed by atoms with Crippen molar-refractivity contribution in [2.24, 2.45) is 0 Å². The van der Waals surface area contributed by atoms with Crippen molar-refractivity contribution in [3.8, 4) is 5.75 Å². The van der Waals surface area contributed by atoms with Crippen molar-refractivity contribution in [1.29, 1.82) is 0 Å². The summed E-state index contributed by atoms with van der Waals surface area (Å²) in [5, 5.41) is 0. The molecule has 2 aliphatic heterocycles. The zero-order valence-corrected chi connectivity index (χ0v) is 14.4. The molecule has 1 atom stereocenters. The van der Waals surface area contributed by atoms with Gasteiger partial charge in [0.2, 0.25) is 0 Å². The van der Waals surface area contributed by atoms with Crippen molar-refractivity contribution in [1.82, 2.24) is 10.9 Å². The van der Waals surface area contributed by atoms with Gasteiger partial charge in [-0.3, -0.25) is 20.4 Å². The molecule has 0 unspecified atom stereocenters. The van der Waals surface area contributed by atoms with Gasteiger partial charge in [0.05, 0.1) is 6.54 Å². The van der Waals surface area contributed by atoms with Crippen LogP contribution in [-0.4, -0.2) is 31.0 Å². The maximum Gasteiger partial charge on any atom is 0.279 e. The lowest BCUT2D eigenvalue weighted by Gasteiger charge is -2.30. The number of anilines is 1. The van der Waals surface area contributed by atoms with Gasteiger partial charge in [0, 0.05) is 18.7 Å². The van der Waals surface area contributed by atoms with Crippen LogP contribution in [0.25, 0.3) is 0 Å². The van der Waals surface area contributed by atoms with E-state index in [1.54, 1.807) is 0 Å². The highest BCUT2D eigenvalue weighted by Gasteiger charge is 2.29. The van der Waals surface area contributed by atoms with Crippen LogP contribution in [0.1, 0.15) is 17.5 Å². The number of carbonyl (C=O) groups is 2. The number of amides is 2. The normalized spacial score (nSPS) is 17.7. The molecule has 0 fully saturated rings. The Kier molecular flexibility index (Phi) is 4.48. The van der Waals surface area contributed by atoms with E-state index in [9.17, 15) is 9.59 Å². The molecule has 6 nitrogen and oxygen atoms in total. The molecule has 4 rings (SSSR count). The van der Waals surface area contributed by atoms with Crippen LogP contribution in [0.2, 0.25) is 0 Å². The van der Waals surface area contributed by atoms with Gasteiger partial charge in [-0.2, -0.15) is 0 Å². The van der Waals surface area contributed by atoms with E-state index in [0.717, 1.165) is 36.4 Å². The molecular weight excluding hydrogens is 330 g/mol. The first kappa shape index (κ1) is 16.4. The molecule has 0 spiro atoms. The number of hydrogen-bond donors (Lipinski definition) is 2. The first-order chi connectivity index (χ1) is 12.7. The zero-order valence-electron chi connectivity index (χ0n) is 14.4. The van der Waals surface area contributed by atoms with E-state index in [1.165, 1.54) is 5.56 Å². The van der Waals surface area contributed by atoms with Crippen molar-refractivity contribution in [3.63, 3.8) is 0 Å². The van der Waals surface area contributed by atoms with Crippen LogP contribution in [0.15, 0.2) is 48.5 Å². The summed E-state index contributed by atoms with van der Waals surface area (Å²) in [5.74, 6) is 0.142. The van der Waals surface area contributed by atoms with Crippen molar-refractivity contribution >= 4 is 17.5 Å². The van der Waals surface area contributed by atoms with Gasteiger partial charge in [0.25, 0.3) is 11.8 Å². The molecular formula is C20H21N3O3. The summed E-state index contributed by atoms with van der Waals surface area (Å²) >= 11 is 0.